The van der Waals surface area contributed by atoms with Crippen LogP contribution in [0.2, 0.25) is 0 Å². The molecule has 4 atom stereocenters. The van der Waals surface area contributed by atoms with E-state index in [0.717, 1.165) is 0 Å². The molecule has 0 aromatic heterocycles. The van der Waals surface area contributed by atoms with Crippen LogP contribution in [0, 0.1) is 5.92 Å². The summed E-state index contributed by atoms with van der Waals surface area (Å²) in [6.45, 7) is 1.29. The highest BCUT2D eigenvalue weighted by Crippen LogP contribution is 2.25. The molecule has 0 heterocycles. The molecular formula is C9H15NO5. The van der Waals surface area contributed by atoms with Crippen molar-refractivity contribution < 1.29 is 24.9 Å². The summed E-state index contributed by atoms with van der Waals surface area (Å²) in [7, 11) is 0. The first-order valence-electron chi connectivity index (χ1n) is 4.78. The van der Waals surface area contributed by atoms with E-state index >= 15 is 0 Å². The standard InChI is InChI=1S/C9H15NO5/c1-4(11)10-6-3-8(13)7(12)2-5(6)9(14)15/h5-8,12-13H,2-3H2,1H3,(H,10,11)(H,14,15)/t5-,6+,7-,8+/m0/s1. The Hall–Kier alpha value is -1.14. The van der Waals surface area contributed by atoms with Gasteiger partial charge in [-0.25, -0.2) is 0 Å². The van der Waals surface area contributed by atoms with E-state index in [1.54, 1.807) is 0 Å². The maximum absolute atomic E-state index is 10.9. The topological polar surface area (TPSA) is 107 Å². The number of carboxylic acids is 1. The lowest BCUT2D eigenvalue weighted by Gasteiger charge is -2.35. The average molecular weight is 217 g/mol. The first kappa shape index (κ1) is 11.9. The van der Waals surface area contributed by atoms with Gasteiger partial charge in [-0.15, -0.1) is 0 Å². The van der Waals surface area contributed by atoms with Gasteiger partial charge < -0.3 is 20.6 Å². The van der Waals surface area contributed by atoms with E-state index in [-0.39, 0.29) is 18.7 Å². The lowest BCUT2D eigenvalue weighted by Crippen LogP contribution is -2.52. The zero-order valence-electron chi connectivity index (χ0n) is 8.38. The molecule has 1 rings (SSSR count). The van der Waals surface area contributed by atoms with Gasteiger partial charge in [0.05, 0.1) is 18.1 Å². The van der Waals surface area contributed by atoms with Crippen molar-refractivity contribution in [3.8, 4) is 0 Å². The average Bonchev–Trinajstić information content (AvgIpc) is 2.09. The van der Waals surface area contributed by atoms with E-state index in [1.807, 2.05) is 0 Å². The Labute approximate surface area is 86.9 Å². The van der Waals surface area contributed by atoms with Gasteiger partial charge >= 0.3 is 5.97 Å². The second-order valence-electron chi connectivity index (χ2n) is 3.86. The van der Waals surface area contributed by atoms with Gasteiger partial charge in [-0.05, 0) is 12.8 Å². The molecule has 86 valence electrons. The number of aliphatic hydroxyl groups is 2. The van der Waals surface area contributed by atoms with Gasteiger partial charge in [0, 0.05) is 13.0 Å². The monoisotopic (exact) mass is 217 g/mol. The van der Waals surface area contributed by atoms with Crippen molar-refractivity contribution >= 4 is 11.9 Å². The smallest absolute Gasteiger partial charge is 0.308 e. The molecule has 6 heteroatoms. The molecule has 0 saturated heterocycles. The fraction of sp³-hybridized carbons (Fsp3) is 0.778. The van der Waals surface area contributed by atoms with Gasteiger partial charge in [0.2, 0.25) is 5.91 Å². The summed E-state index contributed by atoms with van der Waals surface area (Å²) in [5.41, 5.74) is 0. The summed E-state index contributed by atoms with van der Waals surface area (Å²) in [6.07, 6.45) is -1.98. The minimum absolute atomic E-state index is 0.0402. The van der Waals surface area contributed by atoms with Crippen LogP contribution < -0.4 is 5.32 Å². The summed E-state index contributed by atoms with van der Waals surface area (Å²) >= 11 is 0. The largest absolute Gasteiger partial charge is 0.481 e. The highest BCUT2D eigenvalue weighted by Gasteiger charge is 2.39. The molecule has 0 aromatic carbocycles. The number of carbonyl (C=O) groups is 2. The van der Waals surface area contributed by atoms with Crippen molar-refractivity contribution in [1.29, 1.82) is 0 Å². The van der Waals surface area contributed by atoms with E-state index in [2.05, 4.69) is 5.32 Å². The minimum atomic E-state index is -1.07. The SMILES string of the molecule is CC(=O)N[C@@H]1C[C@@H](O)[C@@H](O)C[C@@H]1C(=O)O. The predicted molar refractivity (Wildman–Crippen MR) is 50.0 cm³/mol. The number of amides is 1. The summed E-state index contributed by atoms with van der Waals surface area (Å²) in [5.74, 6) is -2.25. The van der Waals surface area contributed by atoms with Crippen LogP contribution in [0.4, 0.5) is 0 Å². The molecule has 0 unspecified atom stereocenters. The third-order valence-corrected chi connectivity index (χ3v) is 2.63. The maximum atomic E-state index is 10.9. The molecule has 0 bridgehead atoms. The highest BCUT2D eigenvalue weighted by atomic mass is 16.4. The molecule has 1 aliphatic rings. The lowest BCUT2D eigenvalue weighted by molar-refractivity contribution is -0.148. The molecule has 1 fully saturated rings. The number of carboxylic acid groups (broad SMARTS) is 1. The molecule has 0 spiro atoms. The fourth-order valence-electron chi connectivity index (χ4n) is 1.86. The summed E-state index contributed by atoms with van der Waals surface area (Å²) in [4.78, 5) is 21.7. The van der Waals surface area contributed by atoms with Gasteiger partial charge in [0.1, 0.15) is 0 Å². The van der Waals surface area contributed by atoms with E-state index in [1.165, 1.54) is 6.92 Å². The van der Waals surface area contributed by atoms with Gasteiger partial charge in [-0.2, -0.15) is 0 Å². The van der Waals surface area contributed by atoms with Gasteiger partial charge in [-0.3, -0.25) is 9.59 Å². The Morgan fingerprint density at radius 1 is 1.20 bits per heavy atom. The second-order valence-corrected chi connectivity index (χ2v) is 3.86. The molecule has 15 heavy (non-hydrogen) atoms. The van der Waals surface area contributed by atoms with E-state index in [9.17, 15) is 19.8 Å². The molecule has 0 radical (unpaired) electrons. The van der Waals surface area contributed by atoms with Crippen LogP contribution in [-0.2, 0) is 9.59 Å². The Bertz CT molecular complexity index is 267. The molecule has 0 aliphatic heterocycles. The van der Waals surface area contributed by atoms with Crippen molar-refractivity contribution in [2.45, 2.75) is 38.0 Å². The number of rotatable bonds is 2. The molecular weight excluding hydrogens is 202 g/mol. The van der Waals surface area contributed by atoms with Crippen molar-refractivity contribution in [3.63, 3.8) is 0 Å². The molecule has 1 saturated carbocycles. The third-order valence-electron chi connectivity index (χ3n) is 2.63. The molecule has 1 amide bonds. The summed E-state index contributed by atoms with van der Waals surface area (Å²) in [5, 5.41) is 30.0. The van der Waals surface area contributed by atoms with Crippen molar-refractivity contribution in [2.24, 2.45) is 5.92 Å². The number of aliphatic carboxylic acids is 1. The number of nitrogens with one attached hydrogen (secondary N) is 1. The second kappa shape index (κ2) is 4.59. The lowest BCUT2D eigenvalue weighted by atomic mass is 9.81. The van der Waals surface area contributed by atoms with Gasteiger partial charge in [0.25, 0.3) is 0 Å². The predicted octanol–water partition coefficient (Wildman–Crippen LogP) is -1.29. The van der Waals surface area contributed by atoms with Crippen LogP contribution in [-0.4, -0.2) is 45.4 Å². The van der Waals surface area contributed by atoms with Crippen LogP contribution in [0.3, 0.4) is 0 Å². The summed E-state index contributed by atoms with van der Waals surface area (Å²) in [6, 6.07) is -0.613. The third kappa shape index (κ3) is 2.90. The highest BCUT2D eigenvalue weighted by molar-refractivity contribution is 5.76. The normalized spacial score (nSPS) is 35.9. The quantitative estimate of drug-likeness (QED) is 0.460. The molecule has 0 aromatic rings. The number of aliphatic hydroxyl groups excluding tert-OH is 2. The summed E-state index contributed by atoms with van der Waals surface area (Å²) < 4.78 is 0. The van der Waals surface area contributed by atoms with Crippen LogP contribution in [0.25, 0.3) is 0 Å². The Morgan fingerprint density at radius 3 is 2.20 bits per heavy atom. The minimum Gasteiger partial charge on any atom is -0.481 e. The van der Waals surface area contributed by atoms with Crippen molar-refractivity contribution in [1.82, 2.24) is 5.32 Å². The van der Waals surface area contributed by atoms with Crippen LogP contribution >= 0.6 is 0 Å². The number of hydrogen-bond acceptors (Lipinski definition) is 4. The Balaban J connectivity index is 2.72. The molecule has 4 N–H and O–H groups in total. The number of hydrogen-bond donors (Lipinski definition) is 4. The molecule has 6 nitrogen and oxygen atoms in total. The fourth-order valence-corrected chi connectivity index (χ4v) is 1.86. The van der Waals surface area contributed by atoms with Crippen LogP contribution in [0.15, 0.2) is 0 Å². The zero-order chi connectivity index (χ0) is 11.6. The van der Waals surface area contributed by atoms with Gasteiger partial charge in [-0.1, -0.05) is 0 Å². The van der Waals surface area contributed by atoms with Crippen LogP contribution in [0.1, 0.15) is 19.8 Å². The van der Waals surface area contributed by atoms with Crippen molar-refractivity contribution in [2.75, 3.05) is 0 Å². The van der Waals surface area contributed by atoms with Crippen molar-refractivity contribution in [3.05, 3.63) is 0 Å². The Morgan fingerprint density at radius 2 is 1.73 bits per heavy atom. The first-order valence-corrected chi connectivity index (χ1v) is 4.78. The molecule has 1 aliphatic carbocycles. The van der Waals surface area contributed by atoms with Crippen LogP contribution in [0.5, 0.6) is 0 Å². The Kier molecular flexibility index (Phi) is 3.65. The van der Waals surface area contributed by atoms with E-state index < -0.39 is 30.1 Å². The van der Waals surface area contributed by atoms with Gasteiger partial charge in [0.15, 0.2) is 0 Å². The maximum Gasteiger partial charge on any atom is 0.308 e. The first-order chi connectivity index (χ1) is 6.91. The number of carbonyl (C=O) groups excluding carboxylic acids is 1. The van der Waals surface area contributed by atoms with E-state index in [4.69, 9.17) is 5.11 Å². The zero-order valence-corrected chi connectivity index (χ0v) is 8.38. The van der Waals surface area contributed by atoms with E-state index in [0.29, 0.717) is 0 Å².